The number of hydrogen-bond acceptors (Lipinski definition) is 5. The van der Waals surface area contributed by atoms with E-state index in [0.717, 1.165) is 10.9 Å². The van der Waals surface area contributed by atoms with Gasteiger partial charge in [-0.1, -0.05) is 30.3 Å². The number of non-ortho nitro benzene ring substituents is 1. The fraction of sp³-hybridized carbons (Fsp3) is 0.111. The second kappa shape index (κ2) is 6.96. The molecule has 0 aliphatic carbocycles. The number of rotatable bonds is 5. The summed E-state index contributed by atoms with van der Waals surface area (Å²) in [6, 6.07) is 13.1. The second-order valence-electron chi connectivity index (χ2n) is 5.53. The van der Waals surface area contributed by atoms with Gasteiger partial charge >= 0.3 is 0 Å². The summed E-state index contributed by atoms with van der Waals surface area (Å²) < 4.78 is 0. The number of aromatic hydroxyl groups is 1. The van der Waals surface area contributed by atoms with Crippen LogP contribution in [0.4, 0.5) is 5.69 Å². The molecular weight excluding hydrogens is 322 g/mol. The largest absolute Gasteiger partial charge is 0.505 e. The Balaban J connectivity index is 1.64. The van der Waals surface area contributed by atoms with Crippen LogP contribution < -0.4 is 5.32 Å². The van der Waals surface area contributed by atoms with E-state index >= 15 is 0 Å². The van der Waals surface area contributed by atoms with Crippen LogP contribution in [0, 0.1) is 10.1 Å². The molecule has 0 fully saturated rings. The minimum Gasteiger partial charge on any atom is -0.505 e. The van der Waals surface area contributed by atoms with E-state index in [1.165, 1.54) is 12.1 Å². The number of carbonyl (C=O) groups is 1. The van der Waals surface area contributed by atoms with Crippen LogP contribution >= 0.6 is 0 Å². The summed E-state index contributed by atoms with van der Waals surface area (Å²) in [5.41, 5.74) is 1.71. The van der Waals surface area contributed by atoms with Crippen LogP contribution in [-0.4, -0.2) is 20.9 Å². The molecule has 1 aromatic heterocycles. The molecule has 126 valence electrons. The average molecular weight is 337 g/mol. The van der Waals surface area contributed by atoms with E-state index in [1.807, 2.05) is 6.07 Å². The van der Waals surface area contributed by atoms with E-state index in [0.29, 0.717) is 11.1 Å². The molecule has 0 bridgehead atoms. The Morgan fingerprint density at radius 3 is 2.64 bits per heavy atom. The molecule has 0 unspecified atom stereocenters. The predicted octanol–water partition coefficient (Wildman–Crippen LogP) is 2.71. The van der Waals surface area contributed by atoms with Gasteiger partial charge in [0.15, 0.2) is 0 Å². The molecule has 7 heteroatoms. The monoisotopic (exact) mass is 337 g/mol. The highest BCUT2D eigenvalue weighted by molar-refractivity contribution is 5.88. The maximum Gasteiger partial charge on any atom is 0.269 e. The number of hydrogen-bond donors (Lipinski definition) is 2. The number of phenolic OH excluding ortho intramolecular Hbond substituents is 1. The lowest BCUT2D eigenvalue weighted by molar-refractivity contribution is -0.384. The lowest BCUT2D eigenvalue weighted by Crippen LogP contribution is -2.24. The molecule has 1 heterocycles. The van der Waals surface area contributed by atoms with Crippen molar-refractivity contribution in [3.05, 3.63) is 76.0 Å². The van der Waals surface area contributed by atoms with E-state index < -0.39 is 4.92 Å². The Morgan fingerprint density at radius 1 is 1.16 bits per heavy atom. The number of pyridine rings is 1. The number of benzene rings is 2. The normalized spacial score (nSPS) is 10.6. The smallest absolute Gasteiger partial charge is 0.269 e. The maximum atomic E-state index is 12.1. The minimum atomic E-state index is -0.473. The number of nitro benzene ring substituents is 1. The van der Waals surface area contributed by atoms with Gasteiger partial charge in [0, 0.05) is 35.8 Å². The molecule has 0 aliphatic heterocycles. The van der Waals surface area contributed by atoms with Crippen molar-refractivity contribution < 1.29 is 14.8 Å². The molecule has 2 aromatic carbocycles. The molecule has 0 saturated carbocycles. The first-order valence-corrected chi connectivity index (χ1v) is 7.60. The number of fused-ring (bicyclic) bond motifs is 1. The second-order valence-corrected chi connectivity index (χ2v) is 5.53. The summed E-state index contributed by atoms with van der Waals surface area (Å²) in [6.45, 7) is 0.253. The third kappa shape index (κ3) is 3.72. The lowest BCUT2D eigenvalue weighted by Gasteiger charge is -2.08. The number of phenols is 1. The van der Waals surface area contributed by atoms with Crippen molar-refractivity contribution in [2.45, 2.75) is 13.0 Å². The van der Waals surface area contributed by atoms with Crippen LogP contribution in [0.1, 0.15) is 11.1 Å². The highest BCUT2D eigenvalue weighted by atomic mass is 16.6. The zero-order valence-electron chi connectivity index (χ0n) is 13.2. The van der Waals surface area contributed by atoms with Gasteiger partial charge in [0.05, 0.1) is 11.3 Å². The number of nitrogens with one attached hydrogen (secondary N) is 1. The van der Waals surface area contributed by atoms with Gasteiger partial charge in [-0.2, -0.15) is 0 Å². The minimum absolute atomic E-state index is 0.00332. The Hall–Kier alpha value is -3.48. The van der Waals surface area contributed by atoms with Gasteiger partial charge in [-0.25, -0.2) is 0 Å². The third-order valence-corrected chi connectivity index (χ3v) is 3.82. The molecule has 25 heavy (non-hydrogen) atoms. The van der Waals surface area contributed by atoms with Gasteiger partial charge in [-0.15, -0.1) is 0 Å². The molecule has 0 aliphatic rings. The standard InChI is InChI=1S/C18H15N3O4/c22-16(20-11-12-3-7-15(8-4-12)21(24)25)10-14-6-5-13-2-1-9-19-17(13)18(14)23/h1-9,23H,10-11H2,(H,20,22). The highest BCUT2D eigenvalue weighted by Gasteiger charge is 2.11. The number of nitrogens with zero attached hydrogens (tertiary/aromatic N) is 2. The van der Waals surface area contributed by atoms with Gasteiger partial charge < -0.3 is 10.4 Å². The summed E-state index contributed by atoms with van der Waals surface area (Å²) in [4.78, 5) is 26.4. The Bertz CT molecular complexity index is 939. The van der Waals surface area contributed by atoms with Crippen LogP contribution in [0.3, 0.4) is 0 Å². The zero-order chi connectivity index (χ0) is 17.8. The first-order chi connectivity index (χ1) is 12.0. The molecule has 1 amide bonds. The lowest BCUT2D eigenvalue weighted by atomic mass is 10.1. The summed E-state index contributed by atoms with van der Waals surface area (Å²) in [5.74, 6) is -0.257. The van der Waals surface area contributed by atoms with Crippen molar-refractivity contribution in [1.82, 2.24) is 10.3 Å². The van der Waals surface area contributed by atoms with Gasteiger partial charge in [-0.05, 0) is 11.6 Å². The van der Waals surface area contributed by atoms with Crippen LogP contribution in [0.25, 0.3) is 10.9 Å². The average Bonchev–Trinajstić information content (AvgIpc) is 2.63. The summed E-state index contributed by atoms with van der Waals surface area (Å²) in [5, 5.41) is 24.4. The van der Waals surface area contributed by atoms with E-state index in [1.54, 1.807) is 36.5 Å². The fourth-order valence-corrected chi connectivity index (χ4v) is 2.49. The van der Waals surface area contributed by atoms with E-state index in [2.05, 4.69) is 10.3 Å². The van der Waals surface area contributed by atoms with Crippen molar-refractivity contribution in [2.75, 3.05) is 0 Å². The van der Waals surface area contributed by atoms with Gasteiger partial charge in [0.25, 0.3) is 5.69 Å². The van der Waals surface area contributed by atoms with Gasteiger partial charge in [0.1, 0.15) is 11.3 Å². The van der Waals surface area contributed by atoms with Gasteiger partial charge in [0.2, 0.25) is 5.91 Å². The number of aromatic nitrogens is 1. The number of carbonyl (C=O) groups excluding carboxylic acids is 1. The van der Waals surface area contributed by atoms with Crippen molar-refractivity contribution in [1.29, 1.82) is 0 Å². The van der Waals surface area contributed by atoms with Crippen molar-refractivity contribution in [2.24, 2.45) is 0 Å². The van der Waals surface area contributed by atoms with Crippen LogP contribution in [0.5, 0.6) is 5.75 Å². The summed E-state index contributed by atoms with van der Waals surface area (Å²) >= 11 is 0. The molecule has 0 spiro atoms. The first kappa shape index (κ1) is 16.4. The molecule has 0 radical (unpaired) electrons. The molecule has 0 atom stereocenters. The highest BCUT2D eigenvalue weighted by Crippen LogP contribution is 2.27. The van der Waals surface area contributed by atoms with E-state index in [-0.39, 0.29) is 30.3 Å². The van der Waals surface area contributed by atoms with Crippen molar-refractivity contribution in [3.63, 3.8) is 0 Å². The predicted molar refractivity (Wildman–Crippen MR) is 92.1 cm³/mol. The number of amides is 1. The molecule has 0 saturated heterocycles. The van der Waals surface area contributed by atoms with Crippen molar-refractivity contribution >= 4 is 22.5 Å². The zero-order valence-corrected chi connectivity index (χ0v) is 13.2. The summed E-state index contributed by atoms with van der Waals surface area (Å²) in [6.07, 6.45) is 1.60. The van der Waals surface area contributed by atoms with Crippen molar-refractivity contribution in [3.8, 4) is 5.75 Å². The Kier molecular flexibility index (Phi) is 4.56. The van der Waals surface area contributed by atoms with Crippen LogP contribution in [0.2, 0.25) is 0 Å². The first-order valence-electron chi connectivity index (χ1n) is 7.60. The topological polar surface area (TPSA) is 105 Å². The van der Waals surface area contributed by atoms with Gasteiger partial charge in [-0.3, -0.25) is 19.9 Å². The molecule has 3 rings (SSSR count). The molecule has 7 nitrogen and oxygen atoms in total. The Morgan fingerprint density at radius 2 is 1.92 bits per heavy atom. The number of nitro groups is 1. The molecule has 2 N–H and O–H groups in total. The maximum absolute atomic E-state index is 12.1. The Labute approximate surface area is 143 Å². The molecular formula is C18H15N3O4. The molecule has 3 aromatic rings. The SMILES string of the molecule is O=C(Cc1ccc2cccnc2c1O)NCc1ccc([N+](=O)[O-])cc1. The van der Waals surface area contributed by atoms with Crippen LogP contribution in [-0.2, 0) is 17.8 Å². The van der Waals surface area contributed by atoms with E-state index in [9.17, 15) is 20.0 Å². The third-order valence-electron chi connectivity index (χ3n) is 3.82. The summed E-state index contributed by atoms with van der Waals surface area (Å²) in [7, 11) is 0. The van der Waals surface area contributed by atoms with E-state index in [4.69, 9.17) is 0 Å². The quantitative estimate of drug-likeness (QED) is 0.550. The van der Waals surface area contributed by atoms with Crippen LogP contribution in [0.15, 0.2) is 54.7 Å². The fourth-order valence-electron chi connectivity index (χ4n) is 2.49.